The summed E-state index contributed by atoms with van der Waals surface area (Å²) in [5.74, 6) is 0.0285. The first-order valence-electron chi connectivity index (χ1n) is 10.7. The van der Waals surface area contributed by atoms with Gasteiger partial charge in [-0.3, -0.25) is 14.4 Å². The third-order valence-corrected chi connectivity index (χ3v) is 5.64. The summed E-state index contributed by atoms with van der Waals surface area (Å²) in [6.07, 6.45) is 1.09. The highest BCUT2D eigenvalue weighted by Crippen LogP contribution is 2.27. The van der Waals surface area contributed by atoms with E-state index >= 15 is 0 Å². The molecule has 2 atom stereocenters. The quantitative estimate of drug-likeness (QED) is 0.593. The molecule has 1 aliphatic rings. The molecule has 1 saturated heterocycles. The van der Waals surface area contributed by atoms with Crippen molar-refractivity contribution < 1.29 is 23.5 Å². The number of hydrogen-bond acceptors (Lipinski definition) is 5. The maximum atomic E-state index is 13.2. The van der Waals surface area contributed by atoms with Crippen LogP contribution in [0.4, 0.5) is 5.69 Å². The van der Waals surface area contributed by atoms with E-state index in [4.69, 9.17) is 9.15 Å². The summed E-state index contributed by atoms with van der Waals surface area (Å²) in [6.45, 7) is 7.60. The summed E-state index contributed by atoms with van der Waals surface area (Å²) in [5.41, 5.74) is 0.813. The molecule has 1 fully saturated rings. The zero-order valence-corrected chi connectivity index (χ0v) is 20.0. The molecule has 2 N–H and O–H groups in total. The van der Waals surface area contributed by atoms with Crippen LogP contribution in [0.1, 0.15) is 48.1 Å². The van der Waals surface area contributed by atoms with Crippen molar-refractivity contribution in [2.24, 2.45) is 11.8 Å². The van der Waals surface area contributed by atoms with E-state index in [1.54, 1.807) is 31.2 Å². The number of furan rings is 1. The van der Waals surface area contributed by atoms with Crippen molar-refractivity contribution in [1.29, 1.82) is 0 Å². The fraction of sp³-hybridized carbons (Fsp3) is 0.435. The number of benzene rings is 1. The molecule has 1 aromatic heterocycles. The molecule has 32 heavy (non-hydrogen) atoms. The van der Waals surface area contributed by atoms with Crippen molar-refractivity contribution >= 4 is 39.3 Å². The largest absolute Gasteiger partial charge is 0.465 e. The second kappa shape index (κ2) is 10.7. The van der Waals surface area contributed by atoms with Crippen molar-refractivity contribution in [3.63, 3.8) is 0 Å². The van der Waals surface area contributed by atoms with Crippen LogP contribution >= 0.6 is 15.9 Å². The molecular formula is C23H28BrN3O5. The van der Waals surface area contributed by atoms with Gasteiger partial charge in [-0.05, 0) is 49.4 Å². The first kappa shape index (κ1) is 23.8. The number of amides is 3. The molecule has 3 rings (SSSR count). The van der Waals surface area contributed by atoms with Crippen molar-refractivity contribution in [2.75, 3.05) is 31.6 Å². The summed E-state index contributed by atoms with van der Waals surface area (Å²) in [7, 11) is 0. The monoisotopic (exact) mass is 505 g/mol. The van der Waals surface area contributed by atoms with Gasteiger partial charge in [0.05, 0.1) is 24.4 Å². The Morgan fingerprint density at radius 3 is 2.56 bits per heavy atom. The molecule has 1 aliphatic heterocycles. The van der Waals surface area contributed by atoms with E-state index in [1.807, 2.05) is 4.90 Å². The van der Waals surface area contributed by atoms with Crippen molar-refractivity contribution in [3.05, 3.63) is 46.1 Å². The summed E-state index contributed by atoms with van der Waals surface area (Å²) in [5, 5.41) is 5.24. The highest BCUT2D eigenvalue weighted by Gasteiger charge is 2.28. The first-order chi connectivity index (χ1) is 15.3. The van der Waals surface area contributed by atoms with E-state index in [-0.39, 0.29) is 24.2 Å². The van der Waals surface area contributed by atoms with Crippen LogP contribution in [0.25, 0.3) is 0 Å². The zero-order chi connectivity index (χ0) is 23.3. The van der Waals surface area contributed by atoms with E-state index in [1.165, 1.54) is 6.07 Å². The molecule has 0 unspecified atom stereocenters. The van der Waals surface area contributed by atoms with Crippen LogP contribution in [0.2, 0.25) is 0 Å². The highest BCUT2D eigenvalue weighted by molar-refractivity contribution is 9.10. The Labute approximate surface area is 195 Å². The zero-order valence-electron chi connectivity index (χ0n) is 18.4. The fourth-order valence-corrected chi connectivity index (χ4v) is 4.27. The SMILES string of the molecule is CCOc1ccc(C(=O)NCC(=O)Nc2ccc(Br)cc2C(=O)N2C[C@H](C)C[C@H](C)C2)o1. The Hall–Kier alpha value is -2.81. The molecule has 172 valence electrons. The van der Waals surface area contributed by atoms with Gasteiger partial charge in [-0.25, -0.2) is 0 Å². The number of nitrogens with zero attached hydrogens (tertiary/aromatic N) is 1. The van der Waals surface area contributed by atoms with E-state index in [0.29, 0.717) is 42.8 Å². The number of hydrogen-bond donors (Lipinski definition) is 2. The van der Waals surface area contributed by atoms with Gasteiger partial charge in [-0.15, -0.1) is 0 Å². The minimum Gasteiger partial charge on any atom is -0.465 e. The summed E-state index contributed by atoms with van der Waals surface area (Å²) >= 11 is 3.41. The molecular weight excluding hydrogens is 478 g/mol. The third kappa shape index (κ3) is 6.12. The average molecular weight is 506 g/mol. The Kier molecular flexibility index (Phi) is 7.95. The first-order valence-corrected chi connectivity index (χ1v) is 11.5. The van der Waals surface area contributed by atoms with E-state index < -0.39 is 11.8 Å². The van der Waals surface area contributed by atoms with Gasteiger partial charge in [0, 0.05) is 23.6 Å². The molecule has 9 heteroatoms. The maximum absolute atomic E-state index is 13.2. The van der Waals surface area contributed by atoms with E-state index in [9.17, 15) is 14.4 Å². The van der Waals surface area contributed by atoms with Crippen molar-refractivity contribution in [2.45, 2.75) is 27.2 Å². The Bertz CT molecular complexity index is 980. The van der Waals surface area contributed by atoms with Gasteiger partial charge in [-0.2, -0.15) is 0 Å². The summed E-state index contributed by atoms with van der Waals surface area (Å²) in [6, 6.07) is 8.16. The predicted octanol–water partition coefficient (Wildman–Crippen LogP) is 3.93. The highest BCUT2D eigenvalue weighted by atomic mass is 79.9. The van der Waals surface area contributed by atoms with Gasteiger partial charge in [0.25, 0.3) is 17.8 Å². The smallest absolute Gasteiger partial charge is 0.287 e. The van der Waals surface area contributed by atoms with Gasteiger partial charge < -0.3 is 24.7 Å². The lowest BCUT2D eigenvalue weighted by Crippen LogP contribution is -2.43. The van der Waals surface area contributed by atoms with Gasteiger partial charge in [0.2, 0.25) is 5.91 Å². The van der Waals surface area contributed by atoms with Crippen LogP contribution < -0.4 is 15.4 Å². The Balaban J connectivity index is 1.64. The van der Waals surface area contributed by atoms with Crippen LogP contribution in [-0.4, -0.2) is 48.9 Å². The number of anilines is 1. The molecule has 0 spiro atoms. The minimum atomic E-state index is -0.533. The van der Waals surface area contributed by atoms with Gasteiger partial charge in [-0.1, -0.05) is 29.8 Å². The predicted molar refractivity (Wildman–Crippen MR) is 124 cm³/mol. The number of piperidine rings is 1. The van der Waals surface area contributed by atoms with Crippen molar-refractivity contribution in [1.82, 2.24) is 10.2 Å². The standard InChI is InChI=1S/C23H28BrN3O5/c1-4-31-21-8-7-19(32-21)22(29)25-11-20(28)26-18-6-5-16(24)10-17(18)23(30)27-12-14(2)9-15(3)13-27/h5-8,10,14-15H,4,9,11-13H2,1-3H3,(H,25,29)(H,26,28)/t14-,15+. The van der Waals surface area contributed by atoms with E-state index in [2.05, 4.69) is 40.4 Å². The van der Waals surface area contributed by atoms with Gasteiger partial charge in [0.1, 0.15) is 0 Å². The van der Waals surface area contributed by atoms with E-state index in [0.717, 1.165) is 10.9 Å². The molecule has 0 radical (unpaired) electrons. The normalized spacial score (nSPS) is 18.2. The number of nitrogens with one attached hydrogen (secondary N) is 2. The minimum absolute atomic E-state index is 0.0501. The molecule has 1 aromatic carbocycles. The molecule has 0 aliphatic carbocycles. The Morgan fingerprint density at radius 2 is 1.88 bits per heavy atom. The molecule has 3 amide bonds. The number of halogens is 1. The second-order valence-electron chi connectivity index (χ2n) is 8.13. The van der Waals surface area contributed by atoms with Crippen LogP contribution in [0.3, 0.4) is 0 Å². The van der Waals surface area contributed by atoms with Crippen LogP contribution in [0.5, 0.6) is 5.95 Å². The number of ether oxygens (including phenoxy) is 1. The summed E-state index contributed by atoms with van der Waals surface area (Å²) < 4.78 is 11.2. The Morgan fingerprint density at radius 1 is 1.16 bits per heavy atom. The van der Waals surface area contributed by atoms with Gasteiger partial charge >= 0.3 is 0 Å². The lowest BCUT2D eigenvalue weighted by atomic mass is 9.91. The number of likely N-dealkylation sites (tertiary alicyclic amines) is 1. The fourth-order valence-electron chi connectivity index (χ4n) is 3.91. The maximum Gasteiger partial charge on any atom is 0.287 e. The summed E-state index contributed by atoms with van der Waals surface area (Å²) in [4.78, 5) is 39.7. The lowest BCUT2D eigenvalue weighted by Gasteiger charge is -2.35. The molecule has 8 nitrogen and oxygen atoms in total. The van der Waals surface area contributed by atoms with Crippen LogP contribution in [0.15, 0.2) is 39.2 Å². The lowest BCUT2D eigenvalue weighted by molar-refractivity contribution is -0.115. The number of carbonyl (C=O) groups excluding carboxylic acids is 3. The number of rotatable bonds is 7. The van der Waals surface area contributed by atoms with Gasteiger partial charge in [0.15, 0.2) is 5.76 Å². The van der Waals surface area contributed by atoms with Crippen LogP contribution in [0, 0.1) is 11.8 Å². The van der Waals surface area contributed by atoms with Crippen molar-refractivity contribution in [3.8, 4) is 5.95 Å². The molecule has 2 aromatic rings. The van der Waals surface area contributed by atoms with Crippen LogP contribution in [-0.2, 0) is 4.79 Å². The molecule has 0 bridgehead atoms. The molecule has 2 heterocycles. The average Bonchev–Trinajstić information content (AvgIpc) is 3.21. The number of carbonyl (C=O) groups is 3. The topological polar surface area (TPSA) is 101 Å². The second-order valence-corrected chi connectivity index (χ2v) is 9.04. The molecule has 0 saturated carbocycles. The third-order valence-electron chi connectivity index (χ3n) is 5.14.